The molecule has 6 rings (SSSR count). The molecule has 4 aliphatic heterocycles. The molecule has 4 N–H and O–H groups in total. The van der Waals surface area contributed by atoms with Gasteiger partial charge in [0.25, 0.3) is 0 Å². The third-order valence-electron chi connectivity index (χ3n) is 11.0. The van der Waals surface area contributed by atoms with Gasteiger partial charge in [0.15, 0.2) is 0 Å². The zero-order valence-electron chi connectivity index (χ0n) is 33.3. The van der Waals surface area contributed by atoms with Crippen LogP contribution in [0.5, 0.6) is 5.75 Å². The maximum absolute atomic E-state index is 14.5. The molecular weight excluding hydrogens is 817 g/mol. The maximum Gasteiger partial charge on any atom is 0.573 e. The first kappa shape index (κ1) is 44.5. The number of carbonyl (C=O) groups excluding carboxylic acids is 7. The van der Waals surface area contributed by atoms with E-state index < -0.39 is 115 Å². The summed E-state index contributed by atoms with van der Waals surface area (Å²) in [6, 6.07) is -2.24. The van der Waals surface area contributed by atoms with Crippen LogP contribution in [0.25, 0.3) is 0 Å². The Morgan fingerprint density at radius 2 is 1.51 bits per heavy atom. The third kappa shape index (κ3) is 11.0. The van der Waals surface area contributed by atoms with Crippen molar-refractivity contribution in [2.75, 3.05) is 31.6 Å². The number of esters is 1. The van der Waals surface area contributed by atoms with Crippen molar-refractivity contribution >= 4 is 47.2 Å². The zero-order chi connectivity index (χ0) is 44.2. The van der Waals surface area contributed by atoms with Gasteiger partial charge in [0.1, 0.15) is 60.2 Å². The van der Waals surface area contributed by atoms with Crippen LogP contribution in [-0.4, -0.2) is 125 Å². The Balaban J connectivity index is 1.29. The number of halogens is 5. The number of amides is 7. The molecule has 4 saturated heterocycles. The highest BCUT2D eigenvalue weighted by molar-refractivity contribution is 5.98. The molecule has 330 valence electrons. The zero-order valence-corrected chi connectivity index (χ0v) is 33.3. The minimum atomic E-state index is -4.97. The summed E-state index contributed by atoms with van der Waals surface area (Å²) in [6.07, 6.45) is -3.23. The first-order valence-electron chi connectivity index (χ1n) is 19.9. The second kappa shape index (κ2) is 18.7. The van der Waals surface area contributed by atoms with E-state index in [1.165, 1.54) is 21.6 Å². The Labute approximate surface area is 346 Å². The first-order valence-corrected chi connectivity index (χ1v) is 19.9. The number of benzene rings is 2. The molecule has 0 aliphatic carbocycles. The summed E-state index contributed by atoms with van der Waals surface area (Å²) in [4.78, 5) is 101. The van der Waals surface area contributed by atoms with E-state index in [1.54, 1.807) is 0 Å². The van der Waals surface area contributed by atoms with Gasteiger partial charge in [-0.05, 0) is 93.3 Å². The Kier molecular flexibility index (Phi) is 13.7. The predicted octanol–water partition coefficient (Wildman–Crippen LogP) is 2.75. The molecule has 4 heterocycles. The fourth-order valence-electron chi connectivity index (χ4n) is 8.23. The SMILES string of the molecule is C[C@H]1C[C@H]2C(=O)OC[C@H](NC(=O)[C@H](Cc3cc(F)cc(F)c3)NC(=O)Nc3ccc(OC(F)(F)F)cc3)C(=O)N3CCC[C@H]3C(=O)N3CCCC[C@H]3C(=O)N[C@@H](C)C(=O)N2C1. The third-order valence-corrected chi connectivity index (χ3v) is 11.0. The van der Waals surface area contributed by atoms with Gasteiger partial charge in [0.05, 0.1) is 0 Å². The number of nitrogens with one attached hydrogen (secondary N) is 4. The molecule has 4 aliphatic rings. The van der Waals surface area contributed by atoms with Crippen LogP contribution in [0.15, 0.2) is 42.5 Å². The van der Waals surface area contributed by atoms with E-state index in [0.717, 1.165) is 36.4 Å². The van der Waals surface area contributed by atoms with Gasteiger partial charge in [0, 0.05) is 37.8 Å². The minimum absolute atomic E-state index is 0.0380. The Hall–Kier alpha value is -6.02. The molecule has 4 fully saturated rings. The van der Waals surface area contributed by atoms with E-state index in [0.29, 0.717) is 31.7 Å². The Morgan fingerprint density at radius 1 is 0.852 bits per heavy atom. The molecule has 2 aromatic rings. The molecule has 7 amide bonds. The van der Waals surface area contributed by atoms with Crippen molar-refractivity contribution in [3.63, 3.8) is 0 Å². The van der Waals surface area contributed by atoms with E-state index in [2.05, 4.69) is 26.0 Å². The summed E-state index contributed by atoms with van der Waals surface area (Å²) in [5.74, 6) is -7.20. The lowest BCUT2D eigenvalue weighted by molar-refractivity contribution is -0.274. The topological polar surface area (TPSA) is 196 Å². The molecule has 2 aromatic carbocycles. The van der Waals surface area contributed by atoms with Gasteiger partial charge >= 0.3 is 18.4 Å². The van der Waals surface area contributed by atoms with Crippen LogP contribution in [0.3, 0.4) is 0 Å². The van der Waals surface area contributed by atoms with Gasteiger partial charge in [-0.15, -0.1) is 13.2 Å². The largest absolute Gasteiger partial charge is 0.573 e. The number of ether oxygens (including phenoxy) is 2. The second-order valence-corrected chi connectivity index (χ2v) is 15.7. The average molecular weight is 864 g/mol. The van der Waals surface area contributed by atoms with Crippen molar-refractivity contribution in [3.05, 3.63) is 59.7 Å². The van der Waals surface area contributed by atoms with Crippen LogP contribution >= 0.6 is 0 Å². The molecule has 21 heteroatoms. The lowest BCUT2D eigenvalue weighted by Crippen LogP contribution is -2.62. The fourth-order valence-corrected chi connectivity index (χ4v) is 8.23. The van der Waals surface area contributed by atoms with Gasteiger partial charge in [-0.3, -0.25) is 24.0 Å². The van der Waals surface area contributed by atoms with Crippen molar-refractivity contribution < 1.29 is 65.0 Å². The lowest BCUT2D eigenvalue weighted by Gasteiger charge is -2.39. The number of hydrogen-bond donors (Lipinski definition) is 4. The van der Waals surface area contributed by atoms with Crippen LogP contribution in [0.2, 0.25) is 0 Å². The predicted molar refractivity (Wildman–Crippen MR) is 203 cm³/mol. The molecule has 0 aromatic heterocycles. The van der Waals surface area contributed by atoms with Gasteiger partial charge in [0.2, 0.25) is 29.5 Å². The normalized spacial score (nSPS) is 25.8. The number of hydrogen-bond acceptors (Lipinski definition) is 9. The molecule has 7 atom stereocenters. The maximum atomic E-state index is 14.5. The number of urea groups is 1. The lowest BCUT2D eigenvalue weighted by atomic mass is 9.99. The highest BCUT2D eigenvalue weighted by atomic mass is 19.4. The standard InChI is InChI=1S/C40H46F5N7O9/c1-21-14-32-38(58)60-20-29(36(56)51-13-5-7-31(51)37(57)50-12-4-3-6-30(50)34(54)46-22(2)35(55)52(32)19-21)48-33(53)28(17-23-15-24(41)18-25(42)16-23)49-39(59)47-26-8-10-27(11-9-26)61-40(43,44)45/h8-11,15-16,18,21-22,28-32H,3-7,12-14,17,19-20H2,1-2H3,(H,46,54)(H,48,53)(H2,47,49,59)/t21-,22-,28-,29-,30-,31-,32-/m0/s1. The summed E-state index contributed by atoms with van der Waals surface area (Å²) >= 11 is 0. The van der Waals surface area contributed by atoms with Crippen molar-refractivity contribution in [1.82, 2.24) is 30.7 Å². The first-order chi connectivity index (χ1) is 28.9. The average Bonchev–Trinajstić information content (AvgIpc) is 3.85. The van der Waals surface area contributed by atoms with Crippen LogP contribution in [0, 0.1) is 17.6 Å². The summed E-state index contributed by atoms with van der Waals surface area (Å²) in [5.41, 5.74) is -0.133. The molecule has 16 nitrogen and oxygen atoms in total. The minimum Gasteiger partial charge on any atom is -0.461 e. The van der Waals surface area contributed by atoms with Crippen LogP contribution in [0.1, 0.15) is 57.9 Å². The van der Waals surface area contributed by atoms with Crippen molar-refractivity contribution in [2.45, 2.75) is 101 Å². The van der Waals surface area contributed by atoms with Gasteiger partial charge in [-0.1, -0.05) is 6.92 Å². The fraction of sp³-hybridized carbons (Fsp3) is 0.525. The molecule has 0 bridgehead atoms. The number of piperidine rings is 1. The molecule has 0 saturated carbocycles. The summed E-state index contributed by atoms with van der Waals surface area (Å²) in [5, 5.41) is 9.90. The van der Waals surface area contributed by atoms with Gasteiger partial charge in [-0.25, -0.2) is 18.4 Å². The van der Waals surface area contributed by atoms with Crippen LogP contribution < -0.4 is 26.0 Å². The van der Waals surface area contributed by atoms with Gasteiger partial charge in [-0.2, -0.15) is 0 Å². The molecule has 0 radical (unpaired) electrons. The van der Waals surface area contributed by atoms with Crippen molar-refractivity contribution in [1.29, 1.82) is 0 Å². The summed E-state index contributed by atoms with van der Waals surface area (Å²) in [7, 11) is 0. The number of fused-ring (bicyclic) bond motifs is 3. The van der Waals surface area contributed by atoms with Crippen LogP contribution in [-0.2, 0) is 39.9 Å². The van der Waals surface area contributed by atoms with E-state index >= 15 is 0 Å². The summed E-state index contributed by atoms with van der Waals surface area (Å²) < 4.78 is 76.0. The van der Waals surface area contributed by atoms with Crippen LogP contribution in [0.4, 0.5) is 32.4 Å². The Morgan fingerprint density at radius 3 is 2.20 bits per heavy atom. The van der Waals surface area contributed by atoms with E-state index in [4.69, 9.17) is 4.74 Å². The molecular formula is C40H46F5N7O9. The Bertz CT molecular complexity index is 2000. The second-order valence-electron chi connectivity index (χ2n) is 15.7. The molecule has 0 unspecified atom stereocenters. The molecule has 0 spiro atoms. The van der Waals surface area contributed by atoms with Gasteiger partial charge < -0.3 is 45.4 Å². The smallest absolute Gasteiger partial charge is 0.461 e. The number of carbonyl (C=O) groups is 7. The number of alkyl halides is 3. The number of cyclic esters (lactones) is 1. The van der Waals surface area contributed by atoms with Crippen molar-refractivity contribution in [3.8, 4) is 5.75 Å². The number of nitrogens with zero attached hydrogens (tertiary/aromatic N) is 3. The monoisotopic (exact) mass is 863 g/mol. The number of rotatable bonds is 7. The summed E-state index contributed by atoms with van der Waals surface area (Å²) in [6.45, 7) is 2.94. The van der Waals surface area contributed by atoms with E-state index in [-0.39, 0.29) is 49.6 Å². The van der Waals surface area contributed by atoms with Crippen molar-refractivity contribution in [2.24, 2.45) is 5.92 Å². The van der Waals surface area contributed by atoms with E-state index in [1.807, 2.05) is 6.92 Å². The number of anilines is 1. The van der Waals surface area contributed by atoms with E-state index in [9.17, 15) is 55.5 Å². The quantitative estimate of drug-likeness (QED) is 0.239. The molecule has 61 heavy (non-hydrogen) atoms. The highest BCUT2D eigenvalue weighted by Gasteiger charge is 2.46. The highest BCUT2D eigenvalue weighted by Crippen LogP contribution is 2.28.